The van der Waals surface area contributed by atoms with Gasteiger partial charge in [-0.2, -0.15) is 0 Å². The Morgan fingerprint density at radius 3 is 2.58 bits per heavy atom. The molecule has 1 heterocycles. The number of ether oxygens (including phenoxy) is 3. The zero-order valence-electron chi connectivity index (χ0n) is 13.7. The quantitative estimate of drug-likeness (QED) is 0.883. The molecule has 2 aromatic carbocycles. The Bertz CT molecular complexity index is 697. The number of aryl methyl sites for hydroxylation is 1. The van der Waals surface area contributed by atoms with Gasteiger partial charge in [0.2, 0.25) is 5.91 Å². The highest BCUT2D eigenvalue weighted by atomic mass is 16.6. The highest BCUT2D eigenvalue weighted by molar-refractivity contribution is 5.90. The third kappa shape index (κ3) is 4.19. The van der Waals surface area contributed by atoms with Crippen LogP contribution in [0.3, 0.4) is 0 Å². The first kappa shape index (κ1) is 16.2. The van der Waals surface area contributed by atoms with Gasteiger partial charge >= 0.3 is 0 Å². The number of rotatable bonds is 6. The second-order valence-electron chi connectivity index (χ2n) is 5.48. The fraction of sp³-hybridized carbons (Fsp3) is 0.316. The predicted molar refractivity (Wildman–Crippen MR) is 92.0 cm³/mol. The van der Waals surface area contributed by atoms with Gasteiger partial charge in [0.25, 0.3) is 0 Å². The summed E-state index contributed by atoms with van der Waals surface area (Å²) < 4.78 is 16.4. The van der Waals surface area contributed by atoms with Gasteiger partial charge in [-0.25, -0.2) is 0 Å². The second kappa shape index (κ2) is 7.73. The van der Waals surface area contributed by atoms with Crippen molar-refractivity contribution in [2.45, 2.75) is 19.8 Å². The molecular formula is C19H21NO4. The molecule has 0 saturated heterocycles. The molecule has 0 saturated carbocycles. The average molecular weight is 327 g/mol. The Labute approximate surface area is 141 Å². The molecule has 1 aliphatic rings. The Morgan fingerprint density at radius 1 is 1.08 bits per heavy atom. The van der Waals surface area contributed by atoms with Crippen LogP contribution in [-0.4, -0.2) is 25.7 Å². The third-order valence-electron chi connectivity index (χ3n) is 3.70. The molecule has 5 nitrogen and oxygen atoms in total. The van der Waals surface area contributed by atoms with Crippen molar-refractivity contribution in [1.82, 2.24) is 0 Å². The molecule has 0 fully saturated rings. The SMILES string of the molecule is CCOc1ccc(NC(=O)CCc2ccc3c(c2)OCCO3)cc1. The molecule has 1 N–H and O–H groups in total. The zero-order chi connectivity index (χ0) is 16.8. The maximum absolute atomic E-state index is 12.1. The first-order valence-corrected chi connectivity index (χ1v) is 8.16. The normalized spacial score (nSPS) is 12.5. The maximum atomic E-state index is 12.1. The Balaban J connectivity index is 1.52. The van der Waals surface area contributed by atoms with E-state index in [0.29, 0.717) is 32.7 Å². The molecule has 1 amide bonds. The van der Waals surface area contributed by atoms with E-state index in [4.69, 9.17) is 14.2 Å². The van der Waals surface area contributed by atoms with Crippen LogP contribution in [0, 0.1) is 0 Å². The number of carbonyl (C=O) groups excluding carboxylic acids is 1. The summed E-state index contributed by atoms with van der Waals surface area (Å²) in [4.78, 5) is 12.1. The van der Waals surface area contributed by atoms with E-state index in [1.54, 1.807) is 0 Å². The van der Waals surface area contributed by atoms with Gasteiger partial charge in [-0.1, -0.05) is 6.07 Å². The van der Waals surface area contributed by atoms with Gasteiger partial charge in [0.1, 0.15) is 19.0 Å². The molecule has 0 atom stereocenters. The number of hydrogen-bond donors (Lipinski definition) is 1. The molecule has 0 aromatic heterocycles. The summed E-state index contributed by atoms with van der Waals surface area (Å²) in [5.74, 6) is 2.30. The number of anilines is 1. The molecular weight excluding hydrogens is 306 g/mol. The molecule has 0 bridgehead atoms. The van der Waals surface area contributed by atoms with Crippen LogP contribution < -0.4 is 19.5 Å². The van der Waals surface area contributed by atoms with Gasteiger partial charge in [-0.05, 0) is 55.3 Å². The monoisotopic (exact) mass is 327 g/mol. The van der Waals surface area contributed by atoms with Crippen molar-refractivity contribution < 1.29 is 19.0 Å². The molecule has 126 valence electrons. The van der Waals surface area contributed by atoms with Crippen LogP contribution >= 0.6 is 0 Å². The van der Waals surface area contributed by atoms with Crippen molar-refractivity contribution in [3.8, 4) is 17.2 Å². The van der Waals surface area contributed by atoms with E-state index in [2.05, 4.69) is 5.32 Å². The Kier molecular flexibility index (Phi) is 5.21. The molecule has 3 rings (SSSR count). The van der Waals surface area contributed by atoms with Gasteiger partial charge < -0.3 is 19.5 Å². The lowest BCUT2D eigenvalue weighted by molar-refractivity contribution is -0.116. The number of amides is 1. The summed E-state index contributed by atoms with van der Waals surface area (Å²) in [7, 11) is 0. The van der Waals surface area contributed by atoms with E-state index < -0.39 is 0 Å². The van der Waals surface area contributed by atoms with Gasteiger partial charge in [-0.3, -0.25) is 4.79 Å². The minimum absolute atomic E-state index is 0.0194. The van der Waals surface area contributed by atoms with Crippen molar-refractivity contribution in [2.24, 2.45) is 0 Å². The lowest BCUT2D eigenvalue weighted by Gasteiger charge is -2.18. The molecule has 2 aromatic rings. The minimum atomic E-state index is -0.0194. The number of carbonyl (C=O) groups is 1. The number of benzene rings is 2. The number of nitrogens with one attached hydrogen (secondary N) is 1. The van der Waals surface area contributed by atoms with Crippen molar-refractivity contribution in [2.75, 3.05) is 25.1 Å². The fourth-order valence-corrected chi connectivity index (χ4v) is 2.53. The maximum Gasteiger partial charge on any atom is 0.224 e. The summed E-state index contributed by atoms with van der Waals surface area (Å²) in [6.45, 7) is 3.71. The summed E-state index contributed by atoms with van der Waals surface area (Å²) in [5.41, 5.74) is 1.83. The van der Waals surface area contributed by atoms with E-state index in [0.717, 1.165) is 28.5 Å². The van der Waals surface area contributed by atoms with Crippen molar-refractivity contribution in [3.63, 3.8) is 0 Å². The largest absolute Gasteiger partial charge is 0.494 e. The molecule has 0 spiro atoms. The number of fused-ring (bicyclic) bond motifs is 1. The fourth-order valence-electron chi connectivity index (χ4n) is 2.53. The molecule has 5 heteroatoms. The Morgan fingerprint density at radius 2 is 1.83 bits per heavy atom. The zero-order valence-corrected chi connectivity index (χ0v) is 13.7. The molecule has 0 aliphatic carbocycles. The van der Waals surface area contributed by atoms with Crippen LogP contribution in [0.25, 0.3) is 0 Å². The third-order valence-corrected chi connectivity index (χ3v) is 3.70. The van der Waals surface area contributed by atoms with E-state index in [1.165, 1.54) is 0 Å². The number of hydrogen-bond acceptors (Lipinski definition) is 4. The van der Waals surface area contributed by atoms with Crippen molar-refractivity contribution in [3.05, 3.63) is 48.0 Å². The summed E-state index contributed by atoms with van der Waals surface area (Å²) in [6, 6.07) is 13.2. The first-order chi connectivity index (χ1) is 11.7. The van der Waals surface area contributed by atoms with Gasteiger partial charge in [-0.15, -0.1) is 0 Å². The van der Waals surface area contributed by atoms with Crippen LogP contribution in [0.5, 0.6) is 17.2 Å². The highest BCUT2D eigenvalue weighted by Gasteiger charge is 2.12. The van der Waals surface area contributed by atoms with Crippen LogP contribution in [-0.2, 0) is 11.2 Å². The highest BCUT2D eigenvalue weighted by Crippen LogP contribution is 2.31. The predicted octanol–water partition coefficient (Wildman–Crippen LogP) is 3.43. The van der Waals surface area contributed by atoms with Crippen molar-refractivity contribution in [1.29, 1.82) is 0 Å². The van der Waals surface area contributed by atoms with E-state index >= 15 is 0 Å². The smallest absolute Gasteiger partial charge is 0.224 e. The van der Waals surface area contributed by atoms with Gasteiger partial charge in [0.05, 0.1) is 6.61 Å². The second-order valence-corrected chi connectivity index (χ2v) is 5.48. The van der Waals surface area contributed by atoms with Crippen LogP contribution in [0.2, 0.25) is 0 Å². The van der Waals surface area contributed by atoms with Crippen LogP contribution in [0.1, 0.15) is 18.9 Å². The van der Waals surface area contributed by atoms with Crippen LogP contribution in [0.15, 0.2) is 42.5 Å². The standard InChI is InChI=1S/C19H21NO4/c1-2-22-16-7-5-15(6-8-16)20-19(21)10-4-14-3-9-17-18(13-14)24-12-11-23-17/h3,5-9,13H,2,4,10-12H2,1H3,(H,20,21). The average Bonchev–Trinajstić information content (AvgIpc) is 2.62. The van der Waals surface area contributed by atoms with Crippen molar-refractivity contribution >= 4 is 11.6 Å². The van der Waals surface area contributed by atoms with Crippen LogP contribution in [0.4, 0.5) is 5.69 Å². The van der Waals surface area contributed by atoms with Gasteiger partial charge in [0.15, 0.2) is 11.5 Å². The van der Waals surface area contributed by atoms with E-state index in [1.807, 2.05) is 49.4 Å². The lowest BCUT2D eigenvalue weighted by Crippen LogP contribution is -2.15. The summed E-state index contributed by atoms with van der Waals surface area (Å²) in [6.07, 6.45) is 1.06. The Hall–Kier alpha value is -2.69. The molecule has 1 aliphatic heterocycles. The molecule has 0 radical (unpaired) electrons. The van der Waals surface area contributed by atoms with Gasteiger partial charge in [0, 0.05) is 12.1 Å². The molecule has 0 unspecified atom stereocenters. The van der Waals surface area contributed by atoms with E-state index in [-0.39, 0.29) is 5.91 Å². The summed E-state index contributed by atoms with van der Waals surface area (Å²) >= 11 is 0. The topological polar surface area (TPSA) is 56.8 Å². The first-order valence-electron chi connectivity index (χ1n) is 8.16. The molecule has 24 heavy (non-hydrogen) atoms. The minimum Gasteiger partial charge on any atom is -0.494 e. The lowest BCUT2D eigenvalue weighted by atomic mass is 10.1. The van der Waals surface area contributed by atoms with E-state index in [9.17, 15) is 4.79 Å². The summed E-state index contributed by atoms with van der Waals surface area (Å²) in [5, 5.41) is 2.89.